The van der Waals surface area contributed by atoms with E-state index in [0.29, 0.717) is 12.1 Å². The molecule has 0 bridgehead atoms. The van der Waals surface area contributed by atoms with Gasteiger partial charge >= 0.3 is 0 Å². The van der Waals surface area contributed by atoms with Gasteiger partial charge in [-0.2, -0.15) is 0 Å². The van der Waals surface area contributed by atoms with E-state index in [4.69, 9.17) is 0 Å². The average Bonchev–Trinajstić information content (AvgIpc) is 2.77. The van der Waals surface area contributed by atoms with E-state index in [2.05, 4.69) is 41.4 Å². The van der Waals surface area contributed by atoms with Crippen molar-refractivity contribution in [3.05, 3.63) is 35.4 Å². The zero-order chi connectivity index (χ0) is 13.8. The number of fused-ring (bicyclic) bond motifs is 1. The van der Waals surface area contributed by atoms with E-state index in [1.807, 2.05) is 0 Å². The zero-order valence-corrected chi connectivity index (χ0v) is 12.8. The van der Waals surface area contributed by atoms with Crippen molar-refractivity contribution in [3.8, 4) is 0 Å². The summed E-state index contributed by atoms with van der Waals surface area (Å²) in [6.45, 7) is 5.89. The molecule has 2 heteroatoms. The van der Waals surface area contributed by atoms with Crippen LogP contribution < -0.4 is 5.32 Å². The molecule has 0 aromatic heterocycles. The molecule has 0 radical (unpaired) electrons. The first-order valence-corrected chi connectivity index (χ1v) is 8.45. The maximum atomic E-state index is 3.77. The summed E-state index contributed by atoms with van der Waals surface area (Å²) in [5.41, 5.74) is 3.11. The molecule has 2 unspecified atom stereocenters. The molecule has 0 saturated carbocycles. The van der Waals surface area contributed by atoms with Crippen molar-refractivity contribution in [3.63, 3.8) is 0 Å². The number of benzene rings is 1. The molecule has 1 aliphatic carbocycles. The van der Waals surface area contributed by atoms with Crippen LogP contribution in [0, 0.1) is 0 Å². The number of aryl methyl sites for hydroxylation is 1. The van der Waals surface area contributed by atoms with Crippen molar-refractivity contribution in [1.29, 1.82) is 0 Å². The molecule has 2 atom stereocenters. The Labute approximate surface area is 123 Å². The number of hydrogen-bond donors (Lipinski definition) is 1. The Morgan fingerprint density at radius 3 is 2.60 bits per heavy atom. The highest BCUT2D eigenvalue weighted by atomic mass is 15.2. The molecule has 2 nitrogen and oxygen atoms in total. The number of likely N-dealkylation sites (tertiary alicyclic amines) is 1. The lowest BCUT2D eigenvalue weighted by molar-refractivity contribution is 0.145. The van der Waals surface area contributed by atoms with Gasteiger partial charge in [-0.25, -0.2) is 0 Å². The van der Waals surface area contributed by atoms with E-state index >= 15 is 0 Å². The van der Waals surface area contributed by atoms with Crippen molar-refractivity contribution < 1.29 is 0 Å². The van der Waals surface area contributed by atoms with Gasteiger partial charge in [-0.3, -0.25) is 4.90 Å². The summed E-state index contributed by atoms with van der Waals surface area (Å²) in [6, 6.07) is 10.3. The van der Waals surface area contributed by atoms with Crippen LogP contribution in [0.4, 0.5) is 0 Å². The largest absolute Gasteiger partial charge is 0.309 e. The third-order valence-corrected chi connectivity index (χ3v) is 5.02. The first kappa shape index (κ1) is 14.1. The highest BCUT2D eigenvalue weighted by molar-refractivity contribution is 5.34. The minimum Gasteiger partial charge on any atom is -0.309 e. The second kappa shape index (κ2) is 6.73. The summed E-state index contributed by atoms with van der Waals surface area (Å²) in [6.07, 6.45) is 8.18. The molecular formula is C18H28N2. The summed E-state index contributed by atoms with van der Waals surface area (Å²) in [4.78, 5) is 2.77. The minimum absolute atomic E-state index is 0.531. The maximum Gasteiger partial charge on any atom is 0.0480 e. The SMILES string of the molecule is CCNC1c2ccccc2CCC1N1CCCCCC1. The second-order valence-corrected chi connectivity index (χ2v) is 6.29. The van der Waals surface area contributed by atoms with E-state index < -0.39 is 0 Å². The van der Waals surface area contributed by atoms with Gasteiger partial charge in [-0.05, 0) is 56.4 Å². The first-order chi connectivity index (χ1) is 9.90. The van der Waals surface area contributed by atoms with Crippen LogP contribution in [0.3, 0.4) is 0 Å². The van der Waals surface area contributed by atoms with Gasteiger partial charge in [-0.15, -0.1) is 0 Å². The third-order valence-electron chi connectivity index (χ3n) is 5.02. The minimum atomic E-state index is 0.531. The van der Waals surface area contributed by atoms with Crippen molar-refractivity contribution in [2.24, 2.45) is 0 Å². The van der Waals surface area contributed by atoms with Gasteiger partial charge in [0.1, 0.15) is 0 Å². The quantitative estimate of drug-likeness (QED) is 0.905. The predicted octanol–water partition coefficient (Wildman–Crippen LogP) is 3.53. The van der Waals surface area contributed by atoms with Gasteiger partial charge in [0, 0.05) is 12.1 Å². The monoisotopic (exact) mass is 272 g/mol. The predicted molar refractivity (Wildman–Crippen MR) is 85.0 cm³/mol. The first-order valence-electron chi connectivity index (χ1n) is 8.45. The molecule has 2 aliphatic rings. The molecule has 1 aromatic rings. The lowest BCUT2D eigenvalue weighted by Gasteiger charge is -2.41. The Hall–Kier alpha value is -0.860. The zero-order valence-electron chi connectivity index (χ0n) is 12.8. The van der Waals surface area contributed by atoms with Gasteiger partial charge in [0.15, 0.2) is 0 Å². The van der Waals surface area contributed by atoms with E-state index in [1.54, 1.807) is 11.1 Å². The molecule has 20 heavy (non-hydrogen) atoms. The van der Waals surface area contributed by atoms with Crippen molar-refractivity contribution in [2.75, 3.05) is 19.6 Å². The summed E-state index contributed by atoms with van der Waals surface area (Å²) < 4.78 is 0. The average molecular weight is 272 g/mol. The van der Waals surface area contributed by atoms with Gasteiger partial charge < -0.3 is 5.32 Å². The molecule has 1 saturated heterocycles. The highest BCUT2D eigenvalue weighted by Crippen LogP contribution is 2.33. The molecule has 0 spiro atoms. The fourth-order valence-electron chi connectivity index (χ4n) is 4.03. The van der Waals surface area contributed by atoms with Crippen LogP contribution in [-0.2, 0) is 6.42 Å². The summed E-state index contributed by atoms with van der Waals surface area (Å²) in [7, 11) is 0. The van der Waals surface area contributed by atoms with E-state index in [-0.39, 0.29) is 0 Å². The Balaban J connectivity index is 1.83. The molecule has 1 aliphatic heterocycles. The van der Waals surface area contributed by atoms with Crippen LogP contribution in [0.2, 0.25) is 0 Å². The molecule has 3 rings (SSSR count). The smallest absolute Gasteiger partial charge is 0.0480 e. The fraction of sp³-hybridized carbons (Fsp3) is 0.667. The van der Waals surface area contributed by atoms with Gasteiger partial charge in [0.05, 0.1) is 0 Å². The van der Waals surface area contributed by atoms with Crippen LogP contribution in [0.1, 0.15) is 56.2 Å². The van der Waals surface area contributed by atoms with E-state index in [0.717, 1.165) is 6.54 Å². The molecule has 1 fully saturated rings. The number of likely N-dealkylation sites (N-methyl/N-ethyl adjacent to an activating group) is 1. The highest BCUT2D eigenvalue weighted by Gasteiger charge is 2.32. The van der Waals surface area contributed by atoms with Crippen molar-refractivity contribution in [1.82, 2.24) is 10.2 Å². The Morgan fingerprint density at radius 2 is 1.85 bits per heavy atom. The Bertz CT molecular complexity index is 421. The topological polar surface area (TPSA) is 15.3 Å². The van der Waals surface area contributed by atoms with Crippen LogP contribution in [-0.4, -0.2) is 30.6 Å². The van der Waals surface area contributed by atoms with E-state index in [9.17, 15) is 0 Å². The van der Waals surface area contributed by atoms with Gasteiger partial charge in [0.25, 0.3) is 0 Å². The van der Waals surface area contributed by atoms with Crippen LogP contribution >= 0.6 is 0 Å². The van der Waals surface area contributed by atoms with Crippen LogP contribution in [0.15, 0.2) is 24.3 Å². The maximum absolute atomic E-state index is 3.77. The Kier molecular flexibility index (Phi) is 4.74. The third kappa shape index (κ3) is 2.91. The number of rotatable bonds is 3. The van der Waals surface area contributed by atoms with Crippen LogP contribution in [0.25, 0.3) is 0 Å². The summed E-state index contributed by atoms with van der Waals surface area (Å²) in [5.74, 6) is 0. The normalized spacial score (nSPS) is 27.9. The number of nitrogens with zero attached hydrogens (tertiary/aromatic N) is 1. The standard InChI is InChI=1S/C18H28N2/c1-2-19-18-16-10-6-5-9-15(16)11-12-17(18)20-13-7-3-4-8-14-20/h5-6,9-10,17-19H,2-4,7-8,11-14H2,1H3. The van der Waals surface area contributed by atoms with Gasteiger partial charge in [0.2, 0.25) is 0 Å². The molecular weight excluding hydrogens is 244 g/mol. The lowest BCUT2D eigenvalue weighted by atomic mass is 9.83. The lowest BCUT2D eigenvalue weighted by Crippen LogP contribution is -2.47. The van der Waals surface area contributed by atoms with Gasteiger partial charge in [-0.1, -0.05) is 44.0 Å². The molecule has 1 heterocycles. The number of hydrogen-bond acceptors (Lipinski definition) is 2. The molecule has 110 valence electrons. The van der Waals surface area contributed by atoms with Crippen molar-refractivity contribution in [2.45, 2.75) is 57.5 Å². The number of nitrogens with one attached hydrogen (secondary N) is 1. The van der Waals surface area contributed by atoms with Crippen molar-refractivity contribution >= 4 is 0 Å². The second-order valence-electron chi connectivity index (χ2n) is 6.29. The summed E-state index contributed by atoms with van der Waals surface area (Å²) >= 11 is 0. The van der Waals surface area contributed by atoms with E-state index in [1.165, 1.54) is 51.6 Å². The fourth-order valence-corrected chi connectivity index (χ4v) is 4.03. The molecule has 0 amide bonds. The molecule has 1 N–H and O–H groups in total. The summed E-state index contributed by atoms with van der Waals surface area (Å²) in [5, 5.41) is 3.77. The van der Waals surface area contributed by atoms with Crippen LogP contribution in [0.5, 0.6) is 0 Å². The molecule has 1 aromatic carbocycles. The Morgan fingerprint density at radius 1 is 1.10 bits per heavy atom.